The molecule has 1 aromatic heterocycles. The monoisotopic (exact) mass is 257 g/mol. The molecular weight excluding hydrogens is 234 g/mol. The van der Waals surface area contributed by atoms with Gasteiger partial charge in [-0.3, -0.25) is 4.98 Å². The van der Waals surface area contributed by atoms with E-state index in [4.69, 9.17) is 0 Å². The molecule has 2 nitrogen and oxygen atoms in total. The third-order valence-electron chi connectivity index (χ3n) is 3.69. The number of nitrogens with zero attached hydrogens (tertiary/aromatic N) is 1. The lowest BCUT2D eigenvalue weighted by atomic mass is 9.85. The molecule has 0 bridgehead atoms. The molecule has 1 aromatic carbocycles. The van der Waals surface area contributed by atoms with Gasteiger partial charge in [-0.15, -0.1) is 0 Å². The second-order valence-electron chi connectivity index (χ2n) is 5.39. The average molecular weight is 257 g/mol. The van der Waals surface area contributed by atoms with Crippen molar-refractivity contribution in [3.63, 3.8) is 0 Å². The molecule has 0 saturated heterocycles. The van der Waals surface area contributed by atoms with E-state index in [0.717, 1.165) is 47.8 Å². The number of fused-ring (bicyclic) bond motifs is 1. The van der Waals surface area contributed by atoms with Gasteiger partial charge < -0.3 is 5.11 Å². The largest absolute Gasteiger partial charge is 0.385 e. The van der Waals surface area contributed by atoms with E-state index in [1.807, 2.05) is 25.1 Å². The van der Waals surface area contributed by atoms with Gasteiger partial charge in [-0.1, -0.05) is 38.8 Å². The number of aryl methyl sites for hydroxylation is 1. The highest BCUT2D eigenvalue weighted by Crippen LogP contribution is 2.33. The van der Waals surface area contributed by atoms with Crippen molar-refractivity contribution >= 4 is 10.9 Å². The predicted molar refractivity (Wildman–Crippen MR) is 80.2 cm³/mol. The summed E-state index contributed by atoms with van der Waals surface area (Å²) >= 11 is 0. The van der Waals surface area contributed by atoms with Crippen molar-refractivity contribution in [2.45, 2.75) is 52.1 Å². The topological polar surface area (TPSA) is 33.1 Å². The zero-order valence-electron chi connectivity index (χ0n) is 12.1. The summed E-state index contributed by atoms with van der Waals surface area (Å²) in [5.74, 6) is 0. The summed E-state index contributed by atoms with van der Waals surface area (Å²) in [6.45, 7) is 6.23. The van der Waals surface area contributed by atoms with Crippen LogP contribution in [0.2, 0.25) is 0 Å². The highest BCUT2D eigenvalue weighted by molar-refractivity contribution is 5.79. The Morgan fingerprint density at radius 3 is 2.37 bits per heavy atom. The van der Waals surface area contributed by atoms with Gasteiger partial charge >= 0.3 is 0 Å². The van der Waals surface area contributed by atoms with Gasteiger partial charge in [0, 0.05) is 11.1 Å². The van der Waals surface area contributed by atoms with Crippen molar-refractivity contribution in [1.82, 2.24) is 4.98 Å². The van der Waals surface area contributed by atoms with Gasteiger partial charge in [0.05, 0.1) is 11.1 Å². The maximum Gasteiger partial charge on any atom is 0.0896 e. The summed E-state index contributed by atoms with van der Waals surface area (Å²) in [5, 5.41) is 12.0. The summed E-state index contributed by atoms with van der Waals surface area (Å²) in [7, 11) is 0. The lowest BCUT2D eigenvalue weighted by molar-refractivity contribution is 0.0171. The normalized spacial score (nSPS) is 12.0. The molecule has 0 radical (unpaired) electrons. The molecule has 2 aromatic rings. The van der Waals surface area contributed by atoms with Gasteiger partial charge in [-0.2, -0.15) is 0 Å². The van der Waals surface area contributed by atoms with E-state index in [1.54, 1.807) is 0 Å². The minimum absolute atomic E-state index is 0.692. The van der Waals surface area contributed by atoms with Crippen LogP contribution in [0.25, 0.3) is 10.9 Å². The SMILES string of the molecule is CCCC(O)(CCC)c1ccc2nc(C)ccc2c1. The Balaban J connectivity index is 2.46. The minimum atomic E-state index is -0.692. The summed E-state index contributed by atoms with van der Waals surface area (Å²) in [6, 6.07) is 10.2. The average Bonchev–Trinajstić information content (AvgIpc) is 2.38. The zero-order valence-corrected chi connectivity index (χ0v) is 12.1. The predicted octanol–water partition coefficient (Wildman–Crippen LogP) is 4.33. The molecule has 0 atom stereocenters. The summed E-state index contributed by atoms with van der Waals surface area (Å²) in [6.07, 6.45) is 3.60. The van der Waals surface area contributed by atoms with Gasteiger partial charge in [-0.25, -0.2) is 0 Å². The third-order valence-corrected chi connectivity index (χ3v) is 3.69. The maximum absolute atomic E-state index is 10.9. The van der Waals surface area contributed by atoms with Gasteiger partial charge in [0.2, 0.25) is 0 Å². The van der Waals surface area contributed by atoms with Gasteiger partial charge in [0.25, 0.3) is 0 Å². The van der Waals surface area contributed by atoms with Crippen LogP contribution in [-0.4, -0.2) is 10.1 Å². The third kappa shape index (κ3) is 2.95. The number of benzene rings is 1. The molecule has 0 spiro atoms. The molecule has 0 fully saturated rings. The van der Waals surface area contributed by atoms with E-state index in [2.05, 4.69) is 31.0 Å². The summed E-state index contributed by atoms with van der Waals surface area (Å²) in [5.41, 5.74) is 2.36. The number of hydrogen-bond donors (Lipinski definition) is 1. The molecule has 0 amide bonds. The van der Waals surface area contributed by atoms with E-state index in [-0.39, 0.29) is 0 Å². The fourth-order valence-corrected chi connectivity index (χ4v) is 2.76. The van der Waals surface area contributed by atoms with Crippen molar-refractivity contribution in [1.29, 1.82) is 0 Å². The molecule has 1 heterocycles. The summed E-state index contributed by atoms with van der Waals surface area (Å²) < 4.78 is 0. The quantitative estimate of drug-likeness (QED) is 0.864. The van der Waals surface area contributed by atoms with Crippen molar-refractivity contribution in [2.24, 2.45) is 0 Å². The van der Waals surface area contributed by atoms with Crippen molar-refractivity contribution in [3.8, 4) is 0 Å². The Labute approximate surface area is 115 Å². The van der Waals surface area contributed by atoms with Crippen LogP contribution in [0.1, 0.15) is 50.8 Å². The van der Waals surface area contributed by atoms with E-state index in [0.29, 0.717) is 0 Å². The van der Waals surface area contributed by atoms with Crippen LogP contribution in [0.5, 0.6) is 0 Å². The molecule has 0 aliphatic carbocycles. The molecule has 2 heteroatoms. The Morgan fingerprint density at radius 1 is 1.05 bits per heavy atom. The van der Waals surface area contributed by atoms with Crippen LogP contribution in [0.4, 0.5) is 0 Å². The highest BCUT2D eigenvalue weighted by atomic mass is 16.3. The van der Waals surface area contributed by atoms with E-state index >= 15 is 0 Å². The Hall–Kier alpha value is -1.41. The molecule has 0 saturated carbocycles. The molecular formula is C17H23NO. The molecule has 2 rings (SSSR count). The smallest absolute Gasteiger partial charge is 0.0896 e. The molecule has 0 aliphatic heterocycles. The minimum Gasteiger partial charge on any atom is -0.385 e. The standard InChI is InChI=1S/C17H23NO/c1-4-10-17(19,11-5-2)15-8-9-16-14(12-15)7-6-13(3)18-16/h6-9,12,19H,4-5,10-11H2,1-3H3. The lowest BCUT2D eigenvalue weighted by Crippen LogP contribution is -2.25. The van der Waals surface area contributed by atoms with Gasteiger partial charge in [-0.05, 0) is 43.5 Å². The van der Waals surface area contributed by atoms with Crippen LogP contribution >= 0.6 is 0 Å². The Morgan fingerprint density at radius 2 is 1.74 bits per heavy atom. The van der Waals surface area contributed by atoms with Gasteiger partial charge in [0.1, 0.15) is 0 Å². The molecule has 1 N–H and O–H groups in total. The first-order chi connectivity index (χ1) is 9.09. The van der Waals surface area contributed by atoms with Crippen molar-refractivity contribution in [2.75, 3.05) is 0 Å². The first-order valence-electron chi connectivity index (χ1n) is 7.19. The number of aromatic nitrogens is 1. The molecule has 0 unspecified atom stereocenters. The Bertz CT molecular complexity index is 556. The van der Waals surface area contributed by atoms with Crippen LogP contribution in [-0.2, 0) is 5.60 Å². The number of hydrogen-bond acceptors (Lipinski definition) is 2. The van der Waals surface area contributed by atoms with Crippen LogP contribution in [0, 0.1) is 6.92 Å². The lowest BCUT2D eigenvalue weighted by Gasteiger charge is -2.28. The fraction of sp³-hybridized carbons (Fsp3) is 0.471. The molecule has 102 valence electrons. The zero-order chi connectivity index (χ0) is 13.9. The maximum atomic E-state index is 10.9. The fourth-order valence-electron chi connectivity index (χ4n) is 2.76. The number of rotatable bonds is 5. The second-order valence-corrected chi connectivity index (χ2v) is 5.39. The van der Waals surface area contributed by atoms with Crippen LogP contribution in [0.15, 0.2) is 30.3 Å². The Kier molecular flexibility index (Phi) is 4.20. The number of pyridine rings is 1. The van der Waals surface area contributed by atoms with Crippen LogP contribution < -0.4 is 0 Å². The first-order valence-corrected chi connectivity index (χ1v) is 7.19. The van der Waals surface area contributed by atoms with Crippen molar-refractivity contribution in [3.05, 3.63) is 41.6 Å². The van der Waals surface area contributed by atoms with E-state index in [9.17, 15) is 5.11 Å². The summed E-state index contributed by atoms with van der Waals surface area (Å²) in [4.78, 5) is 4.51. The van der Waals surface area contributed by atoms with Crippen LogP contribution in [0.3, 0.4) is 0 Å². The first kappa shape index (κ1) is 14.0. The second kappa shape index (κ2) is 5.70. The van der Waals surface area contributed by atoms with Gasteiger partial charge in [0.15, 0.2) is 0 Å². The number of aliphatic hydroxyl groups is 1. The molecule has 0 aliphatic rings. The molecule has 19 heavy (non-hydrogen) atoms. The van der Waals surface area contributed by atoms with E-state index < -0.39 is 5.60 Å². The van der Waals surface area contributed by atoms with E-state index in [1.165, 1.54) is 0 Å². The van der Waals surface area contributed by atoms with Crippen molar-refractivity contribution < 1.29 is 5.11 Å². The highest BCUT2D eigenvalue weighted by Gasteiger charge is 2.27.